The average molecular weight is 687 g/mol. The van der Waals surface area contributed by atoms with Crippen LogP contribution in [0.3, 0.4) is 0 Å². The van der Waals surface area contributed by atoms with E-state index < -0.39 is 80.2 Å². The lowest BCUT2D eigenvalue weighted by atomic mass is 9.97. The first-order valence-corrected chi connectivity index (χ1v) is 12.9. The average Bonchev–Trinajstić information content (AvgIpc) is 2.95. The predicted octanol–water partition coefficient (Wildman–Crippen LogP) is 6.98. The molecule has 19 heteroatoms. The van der Waals surface area contributed by atoms with Crippen molar-refractivity contribution in [3.05, 3.63) is 65.5 Å². The number of carbonyl (C=O) groups is 2. The zero-order valence-corrected chi connectivity index (χ0v) is 23.4. The summed E-state index contributed by atoms with van der Waals surface area (Å²) in [6.07, 6.45) is -10.6. The van der Waals surface area contributed by atoms with Crippen molar-refractivity contribution >= 4 is 12.1 Å². The second-order valence-electron chi connectivity index (χ2n) is 9.51. The highest BCUT2D eigenvalue weighted by Gasteiger charge is 2.87. The number of nitrogens with zero attached hydrogens (tertiary/aromatic N) is 1. The molecule has 0 aliphatic carbocycles. The minimum atomic E-state index is -7.68. The fourth-order valence-electron chi connectivity index (χ4n) is 3.62. The van der Waals surface area contributed by atoms with Gasteiger partial charge in [0, 0.05) is 13.0 Å². The second kappa shape index (κ2) is 14.7. The molecule has 1 N–H and O–H groups in total. The van der Waals surface area contributed by atoms with Crippen LogP contribution in [0.5, 0.6) is 5.75 Å². The van der Waals surface area contributed by atoms with Gasteiger partial charge in [-0.15, -0.1) is 0 Å². The van der Waals surface area contributed by atoms with Crippen LogP contribution in [-0.4, -0.2) is 84.3 Å². The molecule has 0 aliphatic rings. The molecule has 1 unspecified atom stereocenters. The number of hydrogen-bond donors (Lipinski definition) is 1. The first kappa shape index (κ1) is 38.3. The molecule has 0 saturated heterocycles. The molecule has 0 aromatic heterocycles. The number of halogens is 12. The summed E-state index contributed by atoms with van der Waals surface area (Å²) in [5.41, 5.74) is 0.451. The number of ether oxygens (including phenoxy) is 3. The summed E-state index contributed by atoms with van der Waals surface area (Å²) < 4.78 is 177. The molecule has 0 saturated carbocycles. The minimum absolute atomic E-state index is 0.0222. The van der Waals surface area contributed by atoms with Crippen molar-refractivity contribution in [1.29, 1.82) is 0 Å². The molecule has 0 spiro atoms. The molecule has 0 bridgehead atoms. The number of carboxylic acid groups (broad SMARTS) is 1. The molecule has 2 rings (SSSR count). The van der Waals surface area contributed by atoms with Crippen molar-refractivity contribution in [2.75, 3.05) is 26.3 Å². The highest BCUT2D eigenvalue weighted by atomic mass is 19.4. The van der Waals surface area contributed by atoms with E-state index in [1.165, 1.54) is 24.3 Å². The van der Waals surface area contributed by atoms with Crippen LogP contribution >= 0.6 is 0 Å². The Bertz CT molecular complexity index is 1300. The molecule has 0 heterocycles. The summed E-state index contributed by atoms with van der Waals surface area (Å²) in [7, 11) is 0. The number of hydrogen-bond acceptors (Lipinski definition) is 5. The maximum atomic E-state index is 14.5. The van der Waals surface area contributed by atoms with Gasteiger partial charge in [-0.2, -0.15) is 48.3 Å². The zero-order chi connectivity index (χ0) is 35.1. The number of aliphatic carboxylic acids is 1. The Kier molecular flexibility index (Phi) is 12.2. The summed E-state index contributed by atoms with van der Waals surface area (Å²) in [4.78, 5) is 23.4. The fourth-order valence-corrected chi connectivity index (χ4v) is 3.62. The Hall–Kier alpha value is -3.90. The van der Waals surface area contributed by atoms with E-state index in [2.05, 4.69) is 4.74 Å². The molecule has 0 aliphatic heterocycles. The van der Waals surface area contributed by atoms with Crippen LogP contribution in [0, 0.1) is 5.82 Å². The summed E-state index contributed by atoms with van der Waals surface area (Å²) in [5, 5.41) is 9.16. The van der Waals surface area contributed by atoms with Gasteiger partial charge < -0.3 is 19.3 Å². The summed E-state index contributed by atoms with van der Waals surface area (Å²) in [5.74, 6) is -31.1. The number of benzene rings is 2. The zero-order valence-electron chi connectivity index (χ0n) is 23.4. The molecule has 258 valence electrons. The van der Waals surface area contributed by atoms with Crippen LogP contribution in [0.15, 0.2) is 48.5 Å². The third kappa shape index (κ3) is 8.88. The van der Waals surface area contributed by atoms with Crippen molar-refractivity contribution in [2.45, 2.75) is 55.9 Å². The van der Waals surface area contributed by atoms with Gasteiger partial charge in [0.1, 0.15) is 24.8 Å². The third-order valence-corrected chi connectivity index (χ3v) is 6.14. The van der Waals surface area contributed by atoms with Gasteiger partial charge in [-0.1, -0.05) is 24.3 Å². The van der Waals surface area contributed by atoms with Crippen LogP contribution in [0.4, 0.5) is 57.5 Å². The van der Waals surface area contributed by atoms with Gasteiger partial charge >= 0.3 is 41.9 Å². The second-order valence-corrected chi connectivity index (χ2v) is 9.51. The normalized spacial score (nSPS) is 13.7. The van der Waals surface area contributed by atoms with Gasteiger partial charge in [0.2, 0.25) is 0 Å². The number of rotatable bonds is 16. The fraction of sp³-hybridized carbons (Fsp3) is 0.481. The maximum absolute atomic E-state index is 14.5. The van der Waals surface area contributed by atoms with Gasteiger partial charge in [0.25, 0.3) is 0 Å². The summed E-state index contributed by atoms with van der Waals surface area (Å²) in [6, 6.07) is 9.06. The largest absolute Gasteiger partial charge is 0.492 e. The molecule has 1 amide bonds. The topological polar surface area (TPSA) is 85.3 Å². The standard InChI is InChI=1S/C27H25F12NO6/c1-2-44-20(21(41)42)13-16-5-9-19(10-6-16)45-12-11-40(22(43)46-14-17-3-7-18(28)8-4-17)15-23(29,30)24(31,32)25(33,34)26(35,36)27(37,38)39/h3-10,20H,2,11-15H2,1H3,(H,41,42). The first-order valence-electron chi connectivity index (χ1n) is 12.9. The van der Waals surface area contributed by atoms with Gasteiger partial charge in [-0.25, -0.2) is 14.0 Å². The van der Waals surface area contributed by atoms with Crippen molar-refractivity contribution in [3.63, 3.8) is 0 Å². The van der Waals surface area contributed by atoms with Gasteiger partial charge in [0.05, 0.1) is 13.1 Å². The number of carboxylic acids is 1. The van der Waals surface area contributed by atoms with Crippen molar-refractivity contribution in [3.8, 4) is 5.75 Å². The van der Waals surface area contributed by atoms with Crippen LogP contribution in [0.1, 0.15) is 18.1 Å². The van der Waals surface area contributed by atoms with Crippen LogP contribution < -0.4 is 4.74 Å². The van der Waals surface area contributed by atoms with Crippen LogP contribution in [-0.2, 0) is 27.3 Å². The maximum Gasteiger partial charge on any atom is 0.460 e. The number of alkyl halides is 11. The van der Waals surface area contributed by atoms with E-state index in [1.807, 2.05) is 0 Å². The number of carbonyl (C=O) groups excluding carboxylic acids is 1. The van der Waals surface area contributed by atoms with Crippen LogP contribution in [0.25, 0.3) is 0 Å². The van der Waals surface area contributed by atoms with E-state index in [0.29, 0.717) is 5.56 Å². The Morgan fingerprint density at radius 2 is 1.35 bits per heavy atom. The number of amides is 1. The molecule has 0 radical (unpaired) electrons. The van der Waals surface area contributed by atoms with Crippen LogP contribution in [0.2, 0.25) is 0 Å². The Labute approximate surface area is 252 Å². The van der Waals surface area contributed by atoms with E-state index in [4.69, 9.17) is 14.6 Å². The minimum Gasteiger partial charge on any atom is -0.492 e. The molecule has 7 nitrogen and oxygen atoms in total. The lowest BCUT2D eigenvalue weighted by molar-refractivity contribution is -0.422. The Morgan fingerprint density at radius 1 is 0.804 bits per heavy atom. The highest BCUT2D eigenvalue weighted by molar-refractivity contribution is 5.72. The monoisotopic (exact) mass is 687 g/mol. The molecular weight excluding hydrogens is 662 g/mol. The molecular formula is C27H25F12NO6. The highest BCUT2D eigenvalue weighted by Crippen LogP contribution is 2.57. The Balaban J connectivity index is 2.25. The van der Waals surface area contributed by atoms with Crippen molar-refractivity contribution < 1.29 is 81.6 Å². The van der Waals surface area contributed by atoms with Gasteiger partial charge in [0.15, 0.2) is 6.10 Å². The summed E-state index contributed by atoms with van der Waals surface area (Å²) in [6.45, 7) is -4.03. The molecule has 0 fully saturated rings. The summed E-state index contributed by atoms with van der Waals surface area (Å²) >= 11 is 0. The van der Waals surface area contributed by atoms with Crippen molar-refractivity contribution in [2.24, 2.45) is 0 Å². The molecule has 46 heavy (non-hydrogen) atoms. The van der Waals surface area contributed by atoms with Gasteiger partial charge in [-0.05, 0) is 42.3 Å². The molecule has 1 atom stereocenters. The Morgan fingerprint density at radius 3 is 1.85 bits per heavy atom. The molecule has 2 aromatic carbocycles. The van der Waals surface area contributed by atoms with E-state index in [9.17, 15) is 62.3 Å². The SMILES string of the molecule is CCOC(Cc1ccc(OCCN(CC(F)(F)C(F)(F)C(F)(F)C(F)(F)C(F)(F)F)C(=O)OCc2ccc(F)cc2)cc1)C(=O)O. The van der Waals surface area contributed by atoms with E-state index in [0.717, 1.165) is 24.3 Å². The lowest BCUT2D eigenvalue weighted by Crippen LogP contribution is -2.68. The predicted molar refractivity (Wildman–Crippen MR) is 133 cm³/mol. The smallest absolute Gasteiger partial charge is 0.460 e. The van der Waals surface area contributed by atoms with Crippen molar-refractivity contribution in [1.82, 2.24) is 4.90 Å². The van der Waals surface area contributed by atoms with E-state index in [1.54, 1.807) is 6.92 Å². The quantitative estimate of drug-likeness (QED) is 0.192. The molecule has 2 aromatic rings. The van der Waals surface area contributed by atoms with E-state index >= 15 is 0 Å². The van der Waals surface area contributed by atoms with Gasteiger partial charge in [-0.3, -0.25) is 4.90 Å². The lowest BCUT2D eigenvalue weighted by Gasteiger charge is -2.38. The third-order valence-electron chi connectivity index (χ3n) is 6.14. The van der Waals surface area contributed by atoms with E-state index in [-0.39, 0.29) is 29.2 Å². The first-order chi connectivity index (χ1) is 21.1.